The lowest BCUT2D eigenvalue weighted by Gasteiger charge is -2.38. The van der Waals surface area contributed by atoms with Crippen molar-refractivity contribution in [3.8, 4) is 0 Å². The predicted octanol–water partition coefficient (Wildman–Crippen LogP) is 2.31. The number of carbonyl (C=O) groups is 1. The van der Waals surface area contributed by atoms with Crippen LogP contribution in [-0.2, 0) is 4.74 Å². The molecule has 3 heteroatoms. The molecular weight excluding hydrogens is 178 g/mol. The summed E-state index contributed by atoms with van der Waals surface area (Å²) in [6.07, 6.45) is 4.44. The highest BCUT2D eigenvalue weighted by molar-refractivity contribution is 5.68. The minimum Gasteiger partial charge on any atom is -0.453 e. The second kappa shape index (κ2) is 2.88. The third-order valence-corrected chi connectivity index (χ3v) is 4.62. The molecule has 80 valence electrons. The lowest BCUT2D eigenvalue weighted by molar-refractivity contribution is 0.126. The van der Waals surface area contributed by atoms with Crippen molar-refractivity contribution in [2.45, 2.75) is 45.1 Å². The molecule has 2 rings (SSSR count). The van der Waals surface area contributed by atoms with Gasteiger partial charge in [-0.3, -0.25) is 0 Å². The minimum absolute atomic E-state index is 0.00472. The Morgan fingerprint density at radius 1 is 1.36 bits per heavy atom. The Bertz CT molecular complexity index is 252. The third kappa shape index (κ3) is 1.07. The van der Waals surface area contributed by atoms with Gasteiger partial charge in [0.15, 0.2) is 0 Å². The molecule has 0 aromatic rings. The molecule has 0 radical (unpaired) electrons. The number of carbonyl (C=O) groups excluding carboxylic acids is 1. The Balaban J connectivity index is 2.19. The summed E-state index contributed by atoms with van der Waals surface area (Å²) in [4.78, 5) is 11.3. The van der Waals surface area contributed by atoms with E-state index >= 15 is 0 Å². The maximum atomic E-state index is 11.3. The Hall–Kier alpha value is -0.730. The van der Waals surface area contributed by atoms with Gasteiger partial charge in [-0.1, -0.05) is 13.8 Å². The van der Waals surface area contributed by atoms with Crippen LogP contribution in [0.3, 0.4) is 0 Å². The first-order valence-electron chi connectivity index (χ1n) is 5.38. The molecule has 2 aliphatic rings. The first-order chi connectivity index (χ1) is 6.52. The van der Waals surface area contributed by atoms with Gasteiger partial charge in [-0.25, -0.2) is 4.79 Å². The van der Waals surface area contributed by atoms with E-state index in [0.717, 1.165) is 18.8 Å². The van der Waals surface area contributed by atoms with E-state index in [-0.39, 0.29) is 17.0 Å². The number of methoxy groups -OCH3 is 1. The number of hydrogen-bond donors (Lipinski definition) is 1. The second-order valence-corrected chi connectivity index (χ2v) is 5.19. The van der Waals surface area contributed by atoms with Gasteiger partial charge in [-0.05, 0) is 37.0 Å². The van der Waals surface area contributed by atoms with Gasteiger partial charge < -0.3 is 10.1 Å². The maximum Gasteiger partial charge on any atom is 0.407 e. The van der Waals surface area contributed by atoms with Crippen LogP contribution in [0.15, 0.2) is 0 Å². The lowest BCUT2D eigenvalue weighted by atomic mass is 9.76. The summed E-state index contributed by atoms with van der Waals surface area (Å²) in [6, 6.07) is 0. The maximum absolute atomic E-state index is 11.3. The first kappa shape index (κ1) is 9.81. The smallest absolute Gasteiger partial charge is 0.407 e. The zero-order chi connectivity index (χ0) is 10.4. The van der Waals surface area contributed by atoms with Gasteiger partial charge in [0, 0.05) is 5.54 Å². The van der Waals surface area contributed by atoms with Crippen LogP contribution in [0.1, 0.15) is 39.5 Å². The first-order valence-corrected chi connectivity index (χ1v) is 5.38. The Morgan fingerprint density at radius 3 is 2.29 bits per heavy atom. The molecule has 0 atom stereocenters. The summed E-state index contributed by atoms with van der Waals surface area (Å²) in [5, 5.41) is 3.06. The Labute approximate surface area is 85.2 Å². The molecule has 0 aliphatic heterocycles. The molecular formula is C11H19NO2. The van der Waals surface area contributed by atoms with Crippen molar-refractivity contribution in [1.82, 2.24) is 5.32 Å². The van der Waals surface area contributed by atoms with E-state index in [1.54, 1.807) is 0 Å². The SMILES string of the molecule is COC(=O)NC12CCC(CC1)C2(C)C. The molecule has 14 heavy (non-hydrogen) atoms. The summed E-state index contributed by atoms with van der Waals surface area (Å²) in [5.41, 5.74) is 0.242. The van der Waals surface area contributed by atoms with Crippen LogP contribution in [-0.4, -0.2) is 18.7 Å². The van der Waals surface area contributed by atoms with Crippen LogP contribution >= 0.6 is 0 Å². The van der Waals surface area contributed by atoms with Gasteiger partial charge in [0.25, 0.3) is 0 Å². The monoisotopic (exact) mass is 197 g/mol. The number of amides is 1. The third-order valence-electron chi connectivity index (χ3n) is 4.62. The largest absolute Gasteiger partial charge is 0.453 e. The van der Waals surface area contributed by atoms with E-state index in [4.69, 9.17) is 4.74 Å². The van der Waals surface area contributed by atoms with E-state index in [2.05, 4.69) is 19.2 Å². The fourth-order valence-electron chi connectivity index (χ4n) is 3.40. The molecule has 2 bridgehead atoms. The number of alkyl carbamates (subject to hydrolysis) is 1. The van der Waals surface area contributed by atoms with Crippen LogP contribution in [0.2, 0.25) is 0 Å². The molecule has 1 amide bonds. The molecule has 2 fully saturated rings. The van der Waals surface area contributed by atoms with E-state index in [1.165, 1.54) is 20.0 Å². The summed E-state index contributed by atoms with van der Waals surface area (Å²) >= 11 is 0. The fourth-order valence-corrected chi connectivity index (χ4v) is 3.40. The van der Waals surface area contributed by atoms with Crippen LogP contribution < -0.4 is 5.32 Å². The van der Waals surface area contributed by atoms with Gasteiger partial charge in [-0.2, -0.15) is 0 Å². The number of ether oxygens (including phenoxy) is 1. The number of rotatable bonds is 1. The Morgan fingerprint density at radius 2 is 1.93 bits per heavy atom. The van der Waals surface area contributed by atoms with Crippen LogP contribution in [0.5, 0.6) is 0 Å². The zero-order valence-corrected chi connectivity index (χ0v) is 9.22. The van der Waals surface area contributed by atoms with Crippen LogP contribution in [0.25, 0.3) is 0 Å². The minimum atomic E-state index is -0.277. The zero-order valence-electron chi connectivity index (χ0n) is 9.22. The molecule has 0 unspecified atom stereocenters. The molecule has 0 aromatic carbocycles. The van der Waals surface area contributed by atoms with Crippen molar-refractivity contribution >= 4 is 6.09 Å². The molecule has 0 saturated heterocycles. The molecule has 0 heterocycles. The summed E-state index contributed by atoms with van der Waals surface area (Å²) < 4.78 is 4.70. The fraction of sp³-hybridized carbons (Fsp3) is 0.909. The average Bonchev–Trinajstić information content (AvgIpc) is 2.52. The average molecular weight is 197 g/mol. The molecule has 0 aromatic heterocycles. The normalized spacial score (nSPS) is 38.4. The van der Waals surface area contributed by atoms with Crippen molar-refractivity contribution in [2.24, 2.45) is 11.3 Å². The summed E-state index contributed by atoms with van der Waals surface area (Å²) in [6.45, 7) is 4.54. The van der Waals surface area contributed by atoms with Crippen LogP contribution in [0.4, 0.5) is 4.79 Å². The number of hydrogen-bond acceptors (Lipinski definition) is 2. The van der Waals surface area contributed by atoms with Gasteiger partial charge in [0.2, 0.25) is 0 Å². The highest BCUT2D eigenvalue weighted by atomic mass is 16.5. The standard InChI is InChI=1S/C11H19NO2/c1-10(2)8-4-6-11(10,7-5-8)12-9(13)14-3/h8H,4-7H2,1-3H3,(H,12,13). The molecule has 3 nitrogen and oxygen atoms in total. The van der Waals surface area contributed by atoms with Crippen LogP contribution in [0, 0.1) is 11.3 Å². The Kier molecular flexibility index (Phi) is 2.02. The van der Waals surface area contributed by atoms with Crippen molar-refractivity contribution in [3.63, 3.8) is 0 Å². The van der Waals surface area contributed by atoms with Gasteiger partial charge in [-0.15, -0.1) is 0 Å². The van der Waals surface area contributed by atoms with E-state index in [0.29, 0.717) is 0 Å². The number of nitrogens with one attached hydrogen (secondary N) is 1. The molecule has 2 saturated carbocycles. The second-order valence-electron chi connectivity index (χ2n) is 5.19. The predicted molar refractivity (Wildman–Crippen MR) is 54.0 cm³/mol. The molecule has 0 spiro atoms. The quantitative estimate of drug-likeness (QED) is 0.700. The van der Waals surface area contributed by atoms with Crippen molar-refractivity contribution in [1.29, 1.82) is 0 Å². The molecule has 2 aliphatic carbocycles. The van der Waals surface area contributed by atoms with Crippen molar-refractivity contribution in [3.05, 3.63) is 0 Å². The number of fused-ring (bicyclic) bond motifs is 2. The summed E-state index contributed by atoms with van der Waals surface area (Å²) in [7, 11) is 1.43. The van der Waals surface area contributed by atoms with Crippen molar-refractivity contribution < 1.29 is 9.53 Å². The summed E-state index contributed by atoms with van der Waals surface area (Å²) in [5.74, 6) is 0.777. The molecule has 1 N–H and O–H groups in total. The van der Waals surface area contributed by atoms with Gasteiger partial charge in [0.05, 0.1) is 7.11 Å². The van der Waals surface area contributed by atoms with Crippen molar-refractivity contribution in [2.75, 3.05) is 7.11 Å². The van der Waals surface area contributed by atoms with E-state index in [9.17, 15) is 4.79 Å². The van der Waals surface area contributed by atoms with Gasteiger partial charge in [0.1, 0.15) is 0 Å². The lowest BCUT2D eigenvalue weighted by Crippen LogP contribution is -2.53. The highest BCUT2D eigenvalue weighted by Crippen LogP contribution is 2.60. The topological polar surface area (TPSA) is 38.3 Å². The highest BCUT2D eigenvalue weighted by Gasteiger charge is 2.59. The van der Waals surface area contributed by atoms with E-state index < -0.39 is 0 Å². The van der Waals surface area contributed by atoms with E-state index in [1.807, 2.05) is 0 Å². The van der Waals surface area contributed by atoms with Gasteiger partial charge >= 0.3 is 6.09 Å².